The van der Waals surface area contributed by atoms with Crippen LogP contribution in [0.15, 0.2) is 4.52 Å². The number of nitrogens with zero attached hydrogens (tertiary/aromatic N) is 1. The van der Waals surface area contributed by atoms with Gasteiger partial charge in [0.1, 0.15) is 5.76 Å². The Morgan fingerprint density at radius 1 is 1.50 bits per heavy atom. The molecule has 3 N–H and O–H groups in total. The van der Waals surface area contributed by atoms with Crippen molar-refractivity contribution in [3.63, 3.8) is 0 Å². The highest BCUT2D eigenvalue weighted by molar-refractivity contribution is 5.93. The number of carbonyl (C=O) groups excluding carboxylic acids is 1. The van der Waals surface area contributed by atoms with Gasteiger partial charge in [0.05, 0.1) is 0 Å². The van der Waals surface area contributed by atoms with Crippen LogP contribution in [-0.4, -0.2) is 23.7 Å². The van der Waals surface area contributed by atoms with E-state index in [1.165, 1.54) is 0 Å². The second-order valence-corrected chi connectivity index (χ2v) is 4.29. The Balaban J connectivity index is 2.85. The van der Waals surface area contributed by atoms with Crippen molar-refractivity contribution in [1.82, 2.24) is 10.5 Å². The van der Waals surface area contributed by atoms with Gasteiger partial charge >= 0.3 is 0 Å². The fourth-order valence-electron chi connectivity index (χ4n) is 1.45. The Morgan fingerprint density at radius 2 is 2.12 bits per heavy atom. The standard InChI is InChI=1S/C11H19N3O2/c1-6(2)10-8(4)9(14-16-10)11(15)13-7(3)5-12/h6-7H,5,12H2,1-4H3,(H,13,15). The third-order valence-electron chi connectivity index (χ3n) is 2.43. The second-order valence-electron chi connectivity index (χ2n) is 4.29. The SMILES string of the molecule is Cc1c(C(=O)NC(C)CN)noc1C(C)C. The van der Waals surface area contributed by atoms with Crippen molar-refractivity contribution in [2.24, 2.45) is 5.73 Å². The van der Waals surface area contributed by atoms with Gasteiger partial charge in [0, 0.05) is 24.1 Å². The lowest BCUT2D eigenvalue weighted by Gasteiger charge is -2.09. The normalized spacial score (nSPS) is 12.9. The zero-order valence-corrected chi connectivity index (χ0v) is 10.2. The number of rotatable bonds is 4. The number of hydrogen-bond donors (Lipinski definition) is 2. The Bertz CT molecular complexity index is 371. The minimum Gasteiger partial charge on any atom is -0.360 e. The van der Waals surface area contributed by atoms with Crippen LogP contribution < -0.4 is 11.1 Å². The maximum absolute atomic E-state index is 11.8. The molecule has 0 aliphatic heterocycles. The largest absolute Gasteiger partial charge is 0.360 e. The lowest BCUT2D eigenvalue weighted by molar-refractivity contribution is 0.0931. The Kier molecular flexibility index (Phi) is 4.06. The second kappa shape index (κ2) is 5.12. The Hall–Kier alpha value is -1.36. The molecular weight excluding hydrogens is 206 g/mol. The summed E-state index contributed by atoms with van der Waals surface area (Å²) in [4.78, 5) is 11.8. The van der Waals surface area contributed by atoms with Gasteiger partial charge in [0.15, 0.2) is 5.69 Å². The molecule has 5 nitrogen and oxygen atoms in total. The quantitative estimate of drug-likeness (QED) is 0.806. The van der Waals surface area contributed by atoms with Crippen molar-refractivity contribution in [2.45, 2.75) is 39.7 Å². The smallest absolute Gasteiger partial charge is 0.274 e. The van der Waals surface area contributed by atoms with E-state index in [4.69, 9.17) is 10.3 Å². The monoisotopic (exact) mass is 225 g/mol. The van der Waals surface area contributed by atoms with Crippen molar-refractivity contribution in [2.75, 3.05) is 6.54 Å². The summed E-state index contributed by atoms with van der Waals surface area (Å²) in [5.74, 6) is 0.748. The molecule has 0 fully saturated rings. The summed E-state index contributed by atoms with van der Waals surface area (Å²) in [6, 6.07) is -0.0638. The van der Waals surface area contributed by atoms with E-state index in [-0.39, 0.29) is 17.9 Å². The van der Waals surface area contributed by atoms with Gasteiger partial charge in [-0.15, -0.1) is 0 Å². The molecule has 1 heterocycles. The first-order valence-corrected chi connectivity index (χ1v) is 5.44. The predicted molar refractivity (Wildman–Crippen MR) is 61.3 cm³/mol. The van der Waals surface area contributed by atoms with E-state index in [0.29, 0.717) is 12.2 Å². The maximum Gasteiger partial charge on any atom is 0.274 e. The molecule has 0 saturated heterocycles. The number of hydrogen-bond acceptors (Lipinski definition) is 4. The third kappa shape index (κ3) is 2.61. The van der Waals surface area contributed by atoms with Crippen LogP contribution in [0.3, 0.4) is 0 Å². The minimum atomic E-state index is -0.230. The predicted octanol–water partition coefficient (Wildman–Crippen LogP) is 1.18. The number of amides is 1. The van der Waals surface area contributed by atoms with Crippen LogP contribution in [0.4, 0.5) is 0 Å². The molecule has 5 heteroatoms. The third-order valence-corrected chi connectivity index (χ3v) is 2.43. The van der Waals surface area contributed by atoms with E-state index in [1.807, 2.05) is 27.7 Å². The number of nitrogens with one attached hydrogen (secondary N) is 1. The summed E-state index contributed by atoms with van der Waals surface area (Å²) in [6.45, 7) is 8.08. The summed E-state index contributed by atoms with van der Waals surface area (Å²) < 4.78 is 5.15. The fourth-order valence-corrected chi connectivity index (χ4v) is 1.45. The summed E-state index contributed by atoms with van der Waals surface area (Å²) >= 11 is 0. The van der Waals surface area contributed by atoms with E-state index in [0.717, 1.165) is 11.3 Å². The highest BCUT2D eigenvalue weighted by Crippen LogP contribution is 2.21. The van der Waals surface area contributed by atoms with E-state index in [9.17, 15) is 4.79 Å². The van der Waals surface area contributed by atoms with Crippen LogP contribution in [0.2, 0.25) is 0 Å². The minimum absolute atomic E-state index is 0.0638. The van der Waals surface area contributed by atoms with Gasteiger partial charge in [0.2, 0.25) is 0 Å². The highest BCUT2D eigenvalue weighted by Gasteiger charge is 2.20. The van der Waals surface area contributed by atoms with Crippen LogP contribution in [0.1, 0.15) is 48.5 Å². The zero-order valence-electron chi connectivity index (χ0n) is 10.2. The Morgan fingerprint density at radius 3 is 2.56 bits per heavy atom. The molecule has 1 unspecified atom stereocenters. The lowest BCUT2D eigenvalue weighted by atomic mass is 10.1. The van der Waals surface area contributed by atoms with Gasteiger partial charge in [0.25, 0.3) is 5.91 Å². The molecule has 16 heavy (non-hydrogen) atoms. The molecule has 0 aliphatic carbocycles. The number of aromatic nitrogens is 1. The van der Waals surface area contributed by atoms with Gasteiger partial charge in [-0.1, -0.05) is 19.0 Å². The molecule has 0 aromatic carbocycles. The Labute approximate surface area is 95.4 Å². The number of carbonyl (C=O) groups is 1. The molecule has 1 amide bonds. The first-order valence-electron chi connectivity index (χ1n) is 5.44. The van der Waals surface area contributed by atoms with Gasteiger partial charge in [-0.3, -0.25) is 4.79 Å². The average molecular weight is 225 g/mol. The molecule has 1 atom stereocenters. The van der Waals surface area contributed by atoms with Crippen LogP contribution >= 0.6 is 0 Å². The maximum atomic E-state index is 11.8. The van der Waals surface area contributed by atoms with Gasteiger partial charge < -0.3 is 15.6 Å². The lowest BCUT2D eigenvalue weighted by Crippen LogP contribution is -2.38. The number of nitrogens with two attached hydrogens (primary N) is 1. The molecule has 0 aliphatic rings. The summed E-state index contributed by atoms with van der Waals surface area (Å²) in [5.41, 5.74) is 6.58. The average Bonchev–Trinajstić information content (AvgIpc) is 2.59. The molecule has 90 valence electrons. The molecule has 0 bridgehead atoms. The highest BCUT2D eigenvalue weighted by atomic mass is 16.5. The van der Waals surface area contributed by atoms with Crippen molar-refractivity contribution in [3.05, 3.63) is 17.0 Å². The molecule has 1 aromatic rings. The van der Waals surface area contributed by atoms with Crippen molar-refractivity contribution in [1.29, 1.82) is 0 Å². The molecule has 1 rings (SSSR count). The van der Waals surface area contributed by atoms with E-state index in [1.54, 1.807) is 0 Å². The van der Waals surface area contributed by atoms with Gasteiger partial charge in [-0.05, 0) is 13.8 Å². The first-order chi connectivity index (χ1) is 7.47. The van der Waals surface area contributed by atoms with Gasteiger partial charge in [-0.25, -0.2) is 0 Å². The van der Waals surface area contributed by atoms with Crippen molar-refractivity contribution < 1.29 is 9.32 Å². The topological polar surface area (TPSA) is 81.2 Å². The molecule has 0 spiro atoms. The van der Waals surface area contributed by atoms with Crippen LogP contribution in [0.25, 0.3) is 0 Å². The van der Waals surface area contributed by atoms with E-state index < -0.39 is 0 Å². The molecule has 0 radical (unpaired) electrons. The fraction of sp³-hybridized carbons (Fsp3) is 0.636. The summed E-state index contributed by atoms with van der Waals surface area (Å²) in [5, 5.41) is 6.55. The molecular formula is C11H19N3O2. The summed E-state index contributed by atoms with van der Waals surface area (Å²) in [6.07, 6.45) is 0. The van der Waals surface area contributed by atoms with Crippen molar-refractivity contribution in [3.8, 4) is 0 Å². The van der Waals surface area contributed by atoms with Crippen molar-refractivity contribution >= 4 is 5.91 Å². The molecule has 0 saturated carbocycles. The first kappa shape index (κ1) is 12.7. The van der Waals surface area contributed by atoms with Crippen LogP contribution in [0.5, 0.6) is 0 Å². The van der Waals surface area contributed by atoms with Gasteiger partial charge in [-0.2, -0.15) is 0 Å². The van der Waals surface area contributed by atoms with Crippen LogP contribution in [0, 0.1) is 6.92 Å². The van der Waals surface area contributed by atoms with E-state index in [2.05, 4.69) is 10.5 Å². The zero-order chi connectivity index (χ0) is 12.3. The summed E-state index contributed by atoms with van der Waals surface area (Å²) in [7, 11) is 0. The van der Waals surface area contributed by atoms with Crippen LogP contribution in [-0.2, 0) is 0 Å². The van der Waals surface area contributed by atoms with E-state index >= 15 is 0 Å². The molecule has 1 aromatic heterocycles.